The molecule has 6 heteroatoms. The number of aryl methyl sites for hydroxylation is 1. The van der Waals surface area contributed by atoms with Crippen molar-refractivity contribution >= 4 is 17.5 Å². The van der Waals surface area contributed by atoms with E-state index in [1.54, 1.807) is 17.0 Å². The van der Waals surface area contributed by atoms with Crippen LogP contribution in [0.1, 0.15) is 23.0 Å². The Kier molecular flexibility index (Phi) is 4.74. The largest absolute Gasteiger partial charge is 0.394 e. The van der Waals surface area contributed by atoms with Gasteiger partial charge < -0.3 is 14.7 Å². The van der Waals surface area contributed by atoms with Crippen molar-refractivity contribution in [3.63, 3.8) is 0 Å². The second-order valence-corrected chi connectivity index (χ2v) is 4.82. The van der Waals surface area contributed by atoms with E-state index < -0.39 is 0 Å². The molecule has 0 saturated carbocycles. The van der Waals surface area contributed by atoms with Crippen LogP contribution >= 0.6 is 11.6 Å². The van der Waals surface area contributed by atoms with Crippen molar-refractivity contribution in [2.24, 2.45) is 0 Å². The Labute approximate surface area is 117 Å². The number of nitrogens with zero attached hydrogens (tertiary/aromatic N) is 2. The molecule has 1 N–H and O–H groups in total. The molecule has 1 aliphatic heterocycles. The van der Waals surface area contributed by atoms with Gasteiger partial charge in [0.1, 0.15) is 5.15 Å². The zero-order valence-corrected chi connectivity index (χ0v) is 11.6. The number of ether oxygens (including phenoxy) is 1. The van der Waals surface area contributed by atoms with E-state index in [-0.39, 0.29) is 18.6 Å². The van der Waals surface area contributed by atoms with E-state index in [1.165, 1.54) is 0 Å². The summed E-state index contributed by atoms with van der Waals surface area (Å²) >= 11 is 5.93. The van der Waals surface area contributed by atoms with Gasteiger partial charge in [0.05, 0.1) is 25.9 Å². The van der Waals surface area contributed by atoms with Crippen molar-refractivity contribution in [3.05, 3.63) is 28.5 Å². The van der Waals surface area contributed by atoms with Gasteiger partial charge in [-0.05, 0) is 18.6 Å². The van der Waals surface area contributed by atoms with Gasteiger partial charge in [0.2, 0.25) is 0 Å². The van der Waals surface area contributed by atoms with Crippen LogP contribution in [0, 0.1) is 0 Å². The first-order valence-corrected chi connectivity index (χ1v) is 6.69. The Hall–Kier alpha value is -1.17. The number of aromatic nitrogens is 1. The summed E-state index contributed by atoms with van der Waals surface area (Å²) < 4.78 is 5.27. The fourth-order valence-corrected chi connectivity index (χ4v) is 2.32. The molecule has 0 spiro atoms. The van der Waals surface area contributed by atoms with E-state index in [4.69, 9.17) is 16.3 Å². The van der Waals surface area contributed by atoms with Crippen molar-refractivity contribution < 1.29 is 14.6 Å². The van der Waals surface area contributed by atoms with Gasteiger partial charge in [-0.15, -0.1) is 0 Å². The van der Waals surface area contributed by atoms with E-state index in [1.807, 2.05) is 6.92 Å². The van der Waals surface area contributed by atoms with Gasteiger partial charge >= 0.3 is 0 Å². The maximum absolute atomic E-state index is 12.5. The molecule has 1 amide bonds. The van der Waals surface area contributed by atoms with E-state index >= 15 is 0 Å². The highest BCUT2D eigenvalue weighted by Crippen LogP contribution is 2.16. The highest BCUT2D eigenvalue weighted by Gasteiger charge is 2.27. The molecule has 1 fully saturated rings. The number of rotatable bonds is 3. The van der Waals surface area contributed by atoms with Crippen molar-refractivity contribution in [3.8, 4) is 0 Å². The predicted octanol–water partition coefficient (Wildman–Crippen LogP) is 1.13. The summed E-state index contributed by atoms with van der Waals surface area (Å²) in [5.74, 6) is -0.138. The van der Waals surface area contributed by atoms with Crippen molar-refractivity contribution in [1.82, 2.24) is 9.88 Å². The van der Waals surface area contributed by atoms with Crippen LogP contribution in [0.15, 0.2) is 12.1 Å². The van der Waals surface area contributed by atoms with Crippen LogP contribution in [-0.2, 0) is 11.2 Å². The van der Waals surface area contributed by atoms with Crippen molar-refractivity contribution in [1.29, 1.82) is 0 Å². The predicted molar refractivity (Wildman–Crippen MR) is 71.4 cm³/mol. The third-order valence-electron chi connectivity index (χ3n) is 3.16. The summed E-state index contributed by atoms with van der Waals surface area (Å²) in [5.41, 5.74) is 1.29. The lowest BCUT2D eigenvalue weighted by molar-refractivity contribution is -0.0184. The summed E-state index contributed by atoms with van der Waals surface area (Å²) in [6.45, 7) is 3.18. The molecule has 1 unspecified atom stereocenters. The summed E-state index contributed by atoms with van der Waals surface area (Å²) in [5, 5.41) is 9.62. The molecule has 0 radical (unpaired) electrons. The van der Waals surface area contributed by atoms with Gasteiger partial charge in [-0.25, -0.2) is 4.98 Å². The van der Waals surface area contributed by atoms with Crippen LogP contribution in [-0.4, -0.2) is 53.3 Å². The maximum Gasteiger partial charge on any atom is 0.254 e. The Morgan fingerprint density at radius 2 is 2.42 bits per heavy atom. The van der Waals surface area contributed by atoms with Crippen molar-refractivity contribution in [2.45, 2.75) is 19.4 Å². The first kappa shape index (κ1) is 14.2. The molecule has 0 aliphatic carbocycles. The monoisotopic (exact) mass is 284 g/mol. The van der Waals surface area contributed by atoms with E-state index in [9.17, 15) is 9.90 Å². The highest BCUT2D eigenvalue weighted by molar-refractivity contribution is 6.29. The van der Waals surface area contributed by atoms with Crippen LogP contribution < -0.4 is 0 Å². The molecular formula is C13H17ClN2O3. The highest BCUT2D eigenvalue weighted by atomic mass is 35.5. The summed E-state index contributed by atoms with van der Waals surface area (Å²) in [4.78, 5) is 18.2. The molecule has 19 heavy (non-hydrogen) atoms. The molecule has 104 valence electrons. The first-order valence-electron chi connectivity index (χ1n) is 6.31. The third-order valence-corrected chi connectivity index (χ3v) is 3.35. The van der Waals surface area contributed by atoms with Gasteiger partial charge in [0, 0.05) is 17.8 Å². The zero-order valence-electron chi connectivity index (χ0n) is 10.8. The number of carbonyl (C=O) groups is 1. The minimum atomic E-state index is -0.293. The van der Waals surface area contributed by atoms with Crippen LogP contribution in [0.3, 0.4) is 0 Å². The first-order chi connectivity index (χ1) is 9.15. The third kappa shape index (κ3) is 3.23. The van der Waals surface area contributed by atoms with E-state index in [0.717, 1.165) is 5.69 Å². The molecular weight excluding hydrogens is 268 g/mol. The van der Waals surface area contributed by atoms with Crippen LogP contribution in [0.25, 0.3) is 0 Å². The Morgan fingerprint density at radius 1 is 1.63 bits per heavy atom. The standard InChI is InChI=1S/C13H17ClN2O3/c1-2-10-5-9(6-12(14)15-10)13(18)16-3-4-19-8-11(16)7-17/h5-6,11,17H,2-4,7-8H2,1H3. The Morgan fingerprint density at radius 3 is 3.11 bits per heavy atom. The van der Waals surface area contributed by atoms with Gasteiger partial charge in [0.15, 0.2) is 0 Å². The number of aliphatic hydroxyl groups is 1. The molecule has 1 atom stereocenters. The lowest BCUT2D eigenvalue weighted by Gasteiger charge is -2.34. The SMILES string of the molecule is CCc1cc(C(=O)N2CCOCC2CO)cc(Cl)n1. The molecule has 2 rings (SSSR count). The fraction of sp³-hybridized carbons (Fsp3) is 0.538. The lowest BCUT2D eigenvalue weighted by atomic mass is 10.1. The maximum atomic E-state index is 12.5. The normalized spacial score (nSPS) is 19.5. The van der Waals surface area contributed by atoms with Crippen LogP contribution in [0.4, 0.5) is 0 Å². The molecule has 2 heterocycles. The Balaban J connectivity index is 2.24. The number of hydrogen-bond donors (Lipinski definition) is 1. The number of morpholine rings is 1. The summed E-state index contributed by atoms with van der Waals surface area (Å²) in [6.07, 6.45) is 0.716. The number of carbonyl (C=O) groups excluding carboxylic acids is 1. The van der Waals surface area contributed by atoms with Crippen LogP contribution in [0.2, 0.25) is 5.15 Å². The molecule has 1 aromatic heterocycles. The summed E-state index contributed by atoms with van der Waals surface area (Å²) in [7, 11) is 0. The van der Waals surface area contributed by atoms with Gasteiger partial charge in [-0.3, -0.25) is 4.79 Å². The quantitative estimate of drug-likeness (QED) is 0.845. The average molecular weight is 285 g/mol. The van der Waals surface area contributed by atoms with Crippen LogP contribution in [0.5, 0.6) is 0 Å². The average Bonchev–Trinajstić information content (AvgIpc) is 2.45. The number of hydrogen-bond acceptors (Lipinski definition) is 4. The smallest absolute Gasteiger partial charge is 0.254 e. The molecule has 1 aromatic rings. The van der Waals surface area contributed by atoms with Gasteiger partial charge in [-0.1, -0.05) is 18.5 Å². The zero-order chi connectivity index (χ0) is 13.8. The van der Waals surface area contributed by atoms with E-state index in [2.05, 4.69) is 4.98 Å². The minimum Gasteiger partial charge on any atom is -0.394 e. The minimum absolute atomic E-state index is 0.106. The van der Waals surface area contributed by atoms with Crippen molar-refractivity contribution in [2.75, 3.05) is 26.4 Å². The second kappa shape index (κ2) is 6.32. The number of halogens is 1. The summed E-state index contributed by atoms with van der Waals surface area (Å²) in [6, 6.07) is 3.02. The number of pyridine rings is 1. The number of amides is 1. The van der Waals surface area contributed by atoms with Gasteiger partial charge in [-0.2, -0.15) is 0 Å². The number of aliphatic hydroxyl groups excluding tert-OH is 1. The molecule has 0 aromatic carbocycles. The molecule has 1 aliphatic rings. The topological polar surface area (TPSA) is 62.7 Å². The van der Waals surface area contributed by atoms with Gasteiger partial charge in [0.25, 0.3) is 5.91 Å². The molecule has 0 bridgehead atoms. The fourth-order valence-electron chi connectivity index (χ4n) is 2.10. The Bertz CT molecular complexity index is 467. The molecule has 1 saturated heterocycles. The molecule has 5 nitrogen and oxygen atoms in total. The van der Waals surface area contributed by atoms with E-state index in [0.29, 0.717) is 36.9 Å². The second-order valence-electron chi connectivity index (χ2n) is 4.43. The lowest BCUT2D eigenvalue weighted by Crippen LogP contribution is -2.50.